The van der Waals surface area contributed by atoms with Crippen LogP contribution in [0.25, 0.3) is 0 Å². The quantitative estimate of drug-likeness (QED) is 0.698. The van der Waals surface area contributed by atoms with Crippen LogP contribution in [0.4, 0.5) is 5.69 Å². The molecule has 0 aliphatic rings. The summed E-state index contributed by atoms with van der Waals surface area (Å²) < 4.78 is 0.849. The van der Waals surface area contributed by atoms with Crippen molar-refractivity contribution in [3.05, 3.63) is 29.3 Å². The van der Waals surface area contributed by atoms with E-state index in [0.29, 0.717) is 6.54 Å². The van der Waals surface area contributed by atoms with Crippen LogP contribution in [0, 0.1) is 0 Å². The van der Waals surface area contributed by atoms with Crippen molar-refractivity contribution in [3.63, 3.8) is 0 Å². The van der Waals surface area contributed by atoms with Crippen molar-refractivity contribution in [2.75, 3.05) is 31.5 Å². The number of quaternary nitrogens is 1. The lowest BCUT2D eigenvalue weighted by Crippen LogP contribution is -3.00. The minimum absolute atomic E-state index is 0. The summed E-state index contributed by atoms with van der Waals surface area (Å²) in [5, 5.41) is 3.18. The maximum absolute atomic E-state index is 12.5. The molecule has 0 heterocycles. The van der Waals surface area contributed by atoms with E-state index in [0.717, 1.165) is 42.6 Å². The lowest BCUT2D eigenvalue weighted by Gasteiger charge is -2.35. The van der Waals surface area contributed by atoms with Crippen LogP contribution in [-0.4, -0.2) is 36.6 Å². The van der Waals surface area contributed by atoms with Crippen molar-refractivity contribution in [2.45, 2.75) is 47.5 Å². The van der Waals surface area contributed by atoms with E-state index in [9.17, 15) is 4.79 Å². The van der Waals surface area contributed by atoms with Crippen LogP contribution in [0.3, 0.4) is 0 Å². The van der Waals surface area contributed by atoms with Crippen LogP contribution >= 0.6 is 0 Å². The molecule has 0 aliphatic carbocycles. The zero-order valence-electron chi connectivity index (χ0n) is 14.7. The van der Waals surface area contributed by atoms with Gasteiger partial charge in [0.2, 0.25) is 0 Å². The summed E-state index contributed by atoms with van der Waals surface area (Å²) in [6, 6.07) is 6.30. The van der Waals surface area contributed by atoms with Gasteiger partial charge >= 0.3 is 0 Å². The van der Waals surface area contributed by atoms with Crippen molar-refractivity contribution in [1.29, 1.82) is 0 Å². The predicted octanol–water partition coefficient (Wildman–Crippen LogP) is 0.630. The van der Waals surface area contributed by atoms with Crippen LogP contribution in [-0.2, 0) is 17.6 Å². The molecule has 0 radical (unpaired) electrons. The first-order valence-corrected chi connectivity index (χ1v) is 8.31. The monoisotopic (exact) mass is 326 g/mol. The minimum Gasteiger partial charge on any atom is -1.00 e. The van der Waals surface area contributed by atoms with Gasteiger partial charge in [-0.3, -0.25) is 4.79 Å². The Morgan fingerprint density at radius 1 is 0.955 bits per heavy atom. The molecule has 0 bridgehead atoms. The molecule has 0 fully saturated rings. The molecule has 0 aliphatic heterocycles. The zero-order valence-corrected chi connectivity index (χ0v) is 15.5. The third-order valence-corrected chi connectivity index (χ3v) is 4.75. The smallest absolute Gasteiger partial charge is 0.279 e. The molecule has 1 rings (SSSR count). The van der Waals surface area contributed by atoms with Crippen molar-refractivity contribution in [1.82, 2.24) is 0 Å². The number of para-hydroxylation sites is 1. The number of likely N-dealkylation sites (N-methyl/N-ethyl adjacent to an activating group) is 1. The van der Waals surface area contributed by atoms with Gasteiger partial charge in [-0.05, 0) is 44.7 Å². The average Bonchev–Trinajstić information content (AvgIpc) is 2.52. The molecule has 0 spiro atoms. The van der Waals surface area contributed by atoms with E-state index in [1.807, 2.05) is 0 Å². The summed E-state index contributed by atoms with van der Waals surface area (Å²) in [4.78, 5) is 12.5. The summed E-state index contributed by atoms with van der Waals surface area (Å²) in [6.45, 7) is 14.3. The van der Waals surface area contributed by atoms with E-state index < -0.39 is 0 Å². The number of amides is 1. The second-order valence-corrected chi connectivity index (χ2v) is 5.65. The van der Waals surface area contributed by atoms with Gasteiger partial charge in [-0.1, -0.05) is 32.0 Å². The van der Waals surface area contributed by atoms with E-state index in [2.05, 4.69) is 58.1 Å². The highest BCUT2D eigenvalue weighted by molar-refractivity contribution is 5.93. The van der Waals surface area contributed by atoms with E-state index >= 15 is 0 Å². The van der Waals surface area contributed by atoms with Crippen molar-refractivity contribution in [3.8, 4) is 0 Å². The largest absolute Gasteiger partial charge is 1.00 e. The molecule has 0 aromatic heterocycles. The number of nitrogens with zero attached hydrogens (tertiary/aromatic N) is 1. The summed E-state index contributed by atoms with van der Waals surface area (Å²) in [5.41, 5.74) is 3.49. The number of halogens is 1. The Kier molecular flexibility index (Phi) is 9.38. The second-order valence-electron chi connectivity index (χ2n) is 5.65. The first-order chi connectivity index (χ1) is 10.1. The van der Waals surface area contributed by atoms with Gasteiger partial charge in [-0.2, -0.15) is 0 Å². The lowest BCUT2D eigenvalue weighted by atomic mass is 10.0. The second kappa shape index (κ2) is 9.86. The number of hydrogen-bond acceptors (Lipinski definition) is 1. The molecule has 22 heavy (non-hydrogen) atoms. The standard InChI is InChI=1S/C18H30N2O.ClH/c1-6-15-12-11-13-16(7-2)18(15)19-17(21)14-20(8-3,9-4)10-5;/h11-13H,6-10,14H2,1-5H3;1H. The molecule has 3 nitrogen and oxygen atoms in total. The van der Waals surface area contributed by atoms with Crippen LogP contribution in [0.2, 0.25) is 0 Å². The zero-order chi connectivity index (χ0) is 15.9. The first kappa shape index (κ1) is 20.9. The summed E-state index contributed by atoms with van der Waals surface area (Å²) in [5.74, 6) is 0.135. The van der Waals surface area contributed by atoms with E-state index in [1.165, 1.54) is 11.1 Å². The first-order valence-electron chi connectivity index (χ1n) is 8.31. The van der Waals surface area contributed by atoms with E-state index in [4.69, 9.17) is 0 Å². The maximum atomic E-state index is 12.5. The van der Waals surface area contributed by atoms with Crippen LogP contribution in [0.1, 0.15) is 45.7 Å². The molecule has 0 saturated carbocycles. The third kappa shape index (κ3) is 4.99. The molecule has 0 saturated heterocycles. The van der Waals surface area contributed by atoms with Gasteiger partial charge in [0.25, 0.3) is 5.91 Å². The Hall–Kier alpha value is -1.06. The molecular formula is C18H31ClN2O. The van der Waals surface area contributed by atoms with E-state index in [1.54, 1.807) is 0 Å². The Labute approximate surface area is 142 Å². The minimum atomic E-state index is 0. The predicted molar refractivity (Wildman–Crippen MR) is 90.6 cm³/mol. The van der Waals surface area contributed by atoms with Gasteiger partial charge in [0.15, 0.2) is 6.54 Å². The number of hydrogen-bond donors (Lipinski definition) is 1. The topological polar surface area (TPSA) is 29.1 Å². The number of carbonyl (C=O) groups excluding carboxylic acids is 1. The Balaban J connectivity index is 0.00000441. The van der Waals surface area contributed by atoms with Gasteiger partial charge in [0.05, 0.1) is 19.6 Å². The van der Waals surface area contributed by atoms with Gasteiger partial charge in [-0.15, -0.1) is 0 Å². The van der Waals surface area contributed by atoms with E-state index in [-0.39, 0.29) is 18.3 Å². The summed E-state index contributed by atoms with van der Waals surface area (Å²) in [6.07, 6.45) is 1.89. The normalized spacial score (nSPS) is 11.0. The Morgan fingerprint density at radius 2 is 1.41 bits per heavy atom. The van der Waals surface area contributed by atoms with Crippen molar-refractivity contribution >= 4 is 11.6 Å². The molecule has 0 unspecified atom stereocenters. The lowest BCUT2D eigenvalue weighted by molar-refractivity contribution is -0.915. The fourth-order valence-electron chi connectivity index (χ4n) is 2.89. The molecular weight excluding hydrogens is 296 g/mol. The number of benzene rings is 1. The number of anilines is 1. The number of rotatable bonds is 8. The van der Waals surface area contributed by atoms with Crippen LogP contribution in [0.15, 0.2) is 18.2 Å². The number of nitrogens with one attached hydrogen (secondary N) is 1. The summed E-state index contributed by atoms with van der Waals surface area (Å²) in [7, 11) is 0. The summed E-state index contributed by atoms with van der Waals surface area (Å²) >= 11 is 0. The average molecular weight is 327 g/mol. The molecule has 1 aromatic rings. The van der Waals surface area contributed by atoms with Crippen LogP contribution in [0.5, 0.6) is 0 Å². The molecule has 0 atom stereocenters. The molecule has 126 valence electrons. The molecule has 1 aromatic carbocycles. The molecule has 4 heteroatoms. The number of carbonyl (C=O) groups is 1. The van der Waals surface area contributed by atoms with Crippen molar-refractivity contribution < 1.29 is 21.7 Å². The molecule has 1 amide bonds. The highest BCUT2D eigenvalue weighted by atomic mass is 35.5. The van der Waals surface area contributed by atoms with Gasteiger partial charge in [0.1, 0.15) is 0 Å². The van der Waals surface area contributed by atoms with Gasteiger partial charge in [-0.25, -0.2) is 0 Å². The fraction of sp³-hybridized carbons (Fsp3) is 0.611. The SMILES string of the molecule is CCc1cccc(CC)c1NC(=O)C[N+](CC)(CC)CC.[Cl-]. The highest BCUT2D eigenvalue weighted by Gasteiger charge is 2.25. The maximum Gasteiger partial charge on any atom is 0.279 e. The van der Waals surface area contributed by atoms with Gasteiger partial charge < -0.3 is 22.2 Å². The van der Waals surface area contributed by atoms with Crippen molar-refractivity contribution in [2.24, 2.45) is 0 Å². The fourth-order valence-corrected chi connectivity index (χ4v) is 2.89. The Bertz CT molecular complexity index is 440. The third-order valence-electron chi connectivity index (χ3n) is 4.75. The highest BCUT2D eigenvalue weighted by Crippen LogP contribution is 2.22. The number of aryl methyl sites for hydroxylation is 2. The van der Waals surface area contributed by atoms with Gasteiger partial charge in [0, 0.05) is 5.69 Å². The molecule has 1 N–H and O–H groups in total. The Morgan fingerprint density at radius 3 is 1.77 bits per heavy atom. The van der Waals surface area contributed by atoms with Crippen LogP contribution < -0.4 is 17.7 Å².